The molecule has 152 valence electrons. The average Bonchev–Trinajstić information content (AvgIpc) is 2.66. The van der Waals surface area contributed by atoms with E-state index in [4.69, 9.17) is 17.3 Å². The summed E-state index contributed by atoms with van der Waals surface area (Å²) in [4.78, 5) is 25.7. The topological polar surface area (TPSA) is 65.1 Å². The molecule has 1 fully saturated rings. The highest BCUT2D eigenvalue weighted by Crippen LogP contribution is 2.37. The van der Waals surface area contributed by atoms with Gasteiger partial charge in [0.05, 0.1) is 5.02 Å². The number of hydrogen-bond acceptors (Lipinski definition) is 3. The molecule has 0 bridgehead atoms. The van der Waals surface area contributed by atoms with Gasteiger partial charge in [0.15, 0.2) is 5.78 Å². The van der Waals surface area contributed by atoms with E-state index in [1.165, 1.54) is 0 Å². The lowest BCUT2D eigenvalue weighted by Crippen LogP contribution is -2.27. The third-order valence-corrected chi connectivity index (χ3v) is 6.40. The SMILES string of the molecule is C[C@H](CN)n1ccc2c(C(=O)CCC3CCC(C)(F)CC3)c(Cl)ccc2c1=O. The van der Waals surface area contributed by atoms with Crippen molar-refractivity contribution >= 4 is 28.2 Å². The Labute approximate surface area is 169 Å². The summed E-state index contributed by atoms with van der Waals surface area (Å²) in [6.45, 7) is 3.88. The number of carbonyl (C=O) groups is 1. The van der Waals surface area contributed by atoms with Gasteiger partial charge in [0.1, 0.15) is 5.67 Å². The molecule has 2 aromatic rings. The fourth-order valence-electron chi connectivity index (χ4n) is 4.09. The summed E-state index contributed by atoms with van der Waals surface area (Å²) in [7, 11) is 0. The van der Waals surface area contributed by atoms with E-state index >= 15 is 0 Å². The molecule has 1 aliphatic carbocycles. The average molecular weight is 407 g/mol. The molecule has 28 heavy (non-hydrogen) atoms. The maximum Gasteiger partial charge on any atom is 0.258 e. The van der Waals surface area contributed by atoms with E-state index in [2.05, 4.69) is 0 Å². The van der Waals surface area contributed by atoms with Crippen LogP contribution in [-0.2, 0) is 0 Å². The monoisotopic (exact) mass is 406 g/mol. The van der Waals surface area contributed by atoms with Gasteiger partial charge >= 0.3 is 0 Å². The zero-order chi connectivity index (χ0) is 20.5. The minimum Gasteiger partial charge on any atom is -0.328 e. The molecule has 0 unspecified atom stereocenters. The van der Waals surface area contributed by atoms with E-state index in [0.29, 0.717) is 53.1 Å². The van der Waals surface area contributed by atoms with E-state index in [9.17, 15) is 14.0 Å². The number of fused-ring (bicyclic) bond motifs is 1. The van der Waals surface area contributed by atoms with Crippen molar-refractivity contribution in [3.8, 4) is 0 Å². The Bertz CT molecular complexity index is 928. The summed E-state index contributed by atoms with van der Waals surface area (Å²) >= 11 is 6.34. The first kappa shape index (κ1) is 21.0. The first-order chi connectivity index (χ1) is 13.2. The molecule has 1 atom stereocenters. The first-order valence-corrected chi connectivity index (χ1v) is 10.4. The normalized spacial score (nSPS) is 23.7. The van der Waals surface area contributed by atoms with Crippen LogP contribution in [0.2, 0.25) is 5.02 Å². The molecule has 0 spiro atoms. The van der Waals surface area contributed by atoms with Crippen molar-refractivity contribution in [2.24, 2.45) is 11.7 Å². The van der Waals surface area contributed by atoms with Crippen LogP contribution in [-0.4, -0.2) is 22.6 Å². The Morgan fingerprint density at radius 2 is 2.00 bits per heavy atom. The van der Waals surface area contributed by atoms with Gasteiger partial charge in [-0.05, 0) is 70.1 Å². The molecule has 0 amide bonds. The number of alkyl halides is 1. The van der Waals surface area contributed by atoms with E-state index in [1.807, 2.05) is 6.92 Å². The number of nitrogens with two attached hydrogens (primary N) is 1. The van der Waals surface area contributed by atoms with Crippen molar-refractivity contribution in [1.29, 1.82) is 0 Å². The number of halogens is 2. The largest absolute Gasteiger partial charge is 0.328 e. The summed E-state index contributed by atoms with van der Waals surface area (Å²) < 4.78 is 15.5. The number of pyridine rings is 1. The summed E-state index contributed by atoms with van der Waals surface area (Å²) in [5.41, 5.74) is 4.86. The second-order valence-electron chi connectivity index (χ2n) is 8.32. The lowest BCUT2D eigenvalue weighted by molar-refractivity contribution is 0.0906. The lowest BCUT2D eigenvalue weighted by Gasteiger charge is -2.31. The lowest BCUT2D eigenvalue weighted by atomic mass is 9.78. The number of aromatic nitrogens is 1. The number of hydrogen-bond donors (Lipinski definition) is 1. The molecule has 1 aliphatic rings. The zero-order valence-corrected chi connectivity index (χ0v) is 17.3. The predicted octanol–water partition coefficient (Wildman–Crippen LogP) is 5.06. The van der Waals surface area contributed by atoms with Crippen LogP contribution in [0.25, 0.3) is 10.8 Å². The molecule has 1 aromatic heterocycles. The molecule has 0 radical (unpaired) electrons. The van der Waals surface area contributed by atoms with Gasteiger partial charge in [0.2, 0.25) is 0 Å². The van der Waals surface area contributed by atoms with Gasteiger partial charge in [-0.1, -0.05) is 11.6 Å². The minimum atomic E-state index is -1.07. The molecule has 4 nitrogen and oxygen atoms in total. The van der Waals surface area contributed by atoms with Crippen LogP contribution in [0, 0.1) is 5.92 Å². The summed E-state index contributed by atoms with van der Waals surface area (Å²) in [6.07, 6.45) is 5.49. The summed E-state index contributed by atoms with van der Waals surface area (Å²) in [6, 6.07) is 4.93. The number of rotatable bonds is 6. The molecule has 1 heterocycles. The molecule has 1 aromatic carbocycles. The molecule has 3 rings (SSSR count). The Balaban J connectivity index is 1.84. The van der Waals surface area contributed by atoms with Crippen LogP contribution in [0.4, 0.5) is 4.39 Å². The highest BCUT2D eigenvalue weighted by molar-refractivity contribution is 6.35. The van der Waals surface area contributed by atoms with E-state index < -0.39 is 5.67 Å². The van der Waals surface area contributed by atoms with Crippen molar-refractivity contribution < 1.29 is 9.18 Å². The number of benzene rings is 1. The van der Waals surface area contributed by atoms with Crippen LogP contribution in [0.1, 0.15) is 68.8 Å². The van der Waals surface area contributed by atoms with Gasteiger partial charge in [-0.2, -0.15) is 0 Å². The molecule has 1 saturated carbocycles. The van der Waals surface area contributed by atoms with Crippen molar-refractivity contribution in [2.45, 2.75) is 64.1 Å². The van der Waals surface area contributed by atoms with Gasteiger partial charge in [0.25, 0.3) is 5.56 Å². The Kier molecular flexibility index (Phi) is 6.25. The number of carbonyl (C=O) groups excluding carboxylic acids is 1. The van der Waals surface area contributed by atoms with E-state index in [0.717, 1.165) is 19.3 Å². The first-order valence-electron chi connectivity index (χ1n) is 9.99. The summed E-state index contributed by atoms with van der Waals surface area (Å²) in [5, 5.41) is 1.42. The Morgan fingerprint density at radius 3 is 2.64 bits per heavy atom. The molecule has 0 aliphatic heterocycles. The van der Waals surface area contributed by atoms with Crippen LogP contribution < -0.4 is 11.3 Å². The summed E-state index contributed by atoms with van der Waals surface area (Å²) in [5.74, 6) is 0.303. The van der Waals surface area contributed by atoms with Crippen LogP contribution in [0.3, 0.4) is 0 Å². The van der Waals surface area contributed by atoms with E-state index in [1.54, 1.807) is 35.9 Å². The molecule has 2 N–H and O–H groups in total. The minimum absolute atomic E-state index is 0.0618. The number of Topliss-reactive ketones (excluding diaryl/α,β-unsaturated/α-hetero) is 1. The number of ketones is 1. The third kappa shape index (κ3) is 4.31. The van der Waals surface area contributed by atoms with Gasteiger partial charge in [-0.25, -0.2) is 4.39 Å². The fourth-order valence-corrected chi connectivity index (χ4v) is 4.36. The second kappa shape index (κ2) is 8.34. The zero-order valence-electron chi connectivity index (χ0n) is 16.5. The van der Waals surface area contributed by atoms with Gasteiger partial charge in [-0.3, -0.25) is 9.59 Å². The Morgan fingerprint density at radius 1 is 1.32 bits per heavy atom. The van der Waals surface area contributed by atoms with Gasteiger partial charge < -0.3 is 10.3 Å². The quantitative estimate of drug-likeness (QED) is 0.682. The van der Waals surface area contributed by atoms with Crippen LogP contribution >= 0.6 is 11.6 Å². The van der Waals surface area contributed by atoms with E-state index in [-0.39, 0.29) is 17.4 Å². The van der Waals surface area contributed by atoms with Crippen molar-refractivity contribution in [1.82, 2.24) is 4.57 Å². The van der Waals surface area contributed by atoms with Crippen LogP contribution in [0.15, 0.2) is 29.2 Å². The van der Waals surface area contributed by atoms with Crippen molar-refractivity contribution in [2.75, 3.05) is 6.54 Å². The fraction of sp³-hybridized carbons (Fsp3) is 0.545. The molecular weight excluding hydrogens is 379 g/mol. The van der Waals surface area contributed by atoms with Crippen molar-refractivity contribution in [3.63, 3.8) is 0 Å². The Hall–Kier alpha value is -1.72. The van der Waals surface area contributed by atoms with Crippen LogP contribution in [0.5, 0.6) is 0 Å². The molecular formula is C22H28ClFN2O2. The van der Waals surface area contributed by atoms with Gasteiger partial charge in [-0.15, -0.1) is 0 Å². The highest BCUT2D eigenvalue weighted by Gasteiger charge is 2.30. The molecule has 6 heteroatoms. The maximum absolute atomic E-state index is 14.0. The van der Waals surface area contributed by atoms with Crippen molar-refractivity contribution in [3.05, 3.63) is 45.3 Å². The third-order valence-electron chi connectivity index (χ3n) is 6.08. The maximum atomic E-state index is 14.0. The standard InChI is InChI=1S/C22H28ClFN2O2/c1-14(13-25)26-12-9-16-17(21(26)28)4-5-18(23)20(16)19(27)6-3-15-7-10-22(2,24)11-8-15/h4-5,9,12,14-15H,3,6-8,10-11,13,25H2,1-2H3/t14-,15?,22?/m1/s1. The van der Waals surface area contributed by atoms with Gasteiger partial charge in [0, 0.05) is 41.5 Å². The second-order valence-corrected chi connectivity index (χ2v) is 8.72. The smallest absolute Gasteiger partial charge is 0.258 e. The highest BCUT2D eigenvalue weighted by atomic mass is 35.5. The molecule has 0 saturated heterocycles. The number of nitrogens with zero attached hydrogens (tertiary/aromatic N) is 1. The predicted molar refractivity (Wildman–Crippen MR) is 112 cm³/mol.